The number of piperazine rings is 1. The fourth-order valence-electron chi connectivity index (χ4n) is 2.04. The second-order valence-electron chi connectivity index (χ2n) is 3.54. The first-order chi connectivity index (χ1) is 4.68. The Kier molecular flexibility index (Phi) is 1.26. The zero-order valence-corrected chi connectivity index (χ0v) is 6.23. The highest BCUT2D eigenvalue weighted by Crippen LogP contribution is 2.29. The van der Waals surface area contributed by atoms with Crippen molar-refractivity contribution in [2.45, 2.75) is 24.7 Å². The molecule has 2 aliphatic heterocycles. The van der Waals surface area contributed by atoms with Crippen molar-refractivity contribution >= 4 is 0 Å². The minimum atomic E-state index is -1.06. The molecule has 0 aromatic carbocycles. The van der Waals surface area contributed by atoms with Gasteiger partial charge in [-0.15, -0.1) is 0 Å². The molecule has 0 saturated carbocycles. The van der Waals surface area contributed by atoms with Crippen LogP contribution in [0.1, 0.15) is 12.8 Å². The summed E-state index contributed by atoms with van der Waals surface area (Å²) in [5.41, 5.74) is 0. The minimum Gasteiger partial charge on any atom is -0.300 e. The van der Waals surface area contributed by atoms with Crippen LogP contribution in [0.2, 0.25) is 0 Å². The van der Waals surface area contributed by atoms with Crippen molar-refractivity contribution in [3.8, 4) is 0 Å². The van der Waals surface area contributed by atoms with Gasteiger partial charge in [-0.1, -0.05) is 0 Å². The molecular weight excluding hydrogens is 131 g/mol. The number of nitrogens with one attached hydrogen (secondary N) is 1. The third-order valence-corrected chi connectivity index (χ3v) is 2.40. The molecule has 2 bridgehead atoms. The lowest BCUT2D eigenvalue weighted by Gasteiger charge is -2.33. The molecule has 0 aliphatic carbocycles. The molecule has 3 heteroatoms. The maximum atomic E-state index is 13.4. The van der Waals surface area contributed by atoms with Crippen molar-refractivity contribution in [2.75, 3.05) is 20.1 Å². The highest BCUT2D eigenvalue weighted by molar-refractivity contribution is 4.97. The van der Waals surface area contributed by atoms with Crippen molar-refractivity contribution in [1.82, 2.24) is 10.2 Å². The highest BCUT2D eigenvalue weighted by atomic mass is 19.1. The highest BCUT2D eigenvalue weighted by Gasteiger charge is 2.43. The molecule has 0 aromatic rings. The van der Waals surface area contributed by atoms with Gasteiger partial charge < -0.3 is 4.90 Å². The molecule has 0 aromatic heterocycles. The van der Waals surface area contributed by atoms with Gasteiger partial charge in [-0.3, -0.25) is 5.32 Å². The number of halogens is 1. The topological polar surface area (TPSA) is 15.3 Å². The third-order valence-electron chi connectivity index (χ3n) is 2.40. The van der Waals surface area contributed by atoms with Crippen molar-refractivity contribution < 1.29 is 4.39 Å². The summed E-state index contributed by atoms with van der Waals surface area (Å²) in [5.74, 6) is -1.06. The molecule has 1 N–H and O–H groups in total. The number of fused-ring (bicyclic) bond motifs is 2. The van der Waals surface area contributed by atoms with Gasteiger partial charge in [0.05, 0.1) is 0 Å². The van der Waals surface area contributed by atoms with Crippen LogP contribution in [0.5, 0.6) is 0 Å². The zero-order valence-electron chi connectivity index (χ0n) is 6.23. The van der Waals surface area contributed by atoms with Crippen molar-refractivity contribution in [3.63, 3.8) is 0 Å². The summed E-state index contributed by atoms with van der Waals surface area (Å²) in [6, 6.07) is 0.406. The Bertz CT molecular complexity index is 151. The van der Waals surface area contributed by atoms with E-state index in [1.165, 1.54) is 0 Å². The molecule has 0 amide bonds. The molecule has 2 aliphatic rings. The van der Waals surface area contributed by atoms with E-state index in [9.17, 15) is 4.39 Å². The van der Waals surface area contributed by atoms with Gasteiger partial charge in [0.25, 0.3) is 0 Å². The number of rotatable bonds is 0. The normalized spacial score (nSPS) is 48.0. The average molecular weight is 144 g/mol. The smallest absolute Gasteiger partial charge is 0.174 e. The first-order valence-electron chi connectivity index (χ1n) is 3.83. The molecule has 10 heavy (non-hydrogen) atoms. The predicted molar refractivity (Wildman–Crippen MR) is 37.5 cm³/mol. The van der Waals surface area contributed by atoms with Crippen LogP contribution >= 0.6 is 0 Å². The van der Waals surface area contributed by atoms with Crippen LogP contribution in [-0.2, 0) is 0 Å². The van der Waals surface area contributed by atoms with Crippen LogP contribution in [0.25, 0.3) is 0 Å². The van der Waals surface area contributed by atoms with Crippen molar-refractivity contribution in [2.24, 2.45) is 0 Å². The van der Waals surface area contributed by atoms with Gasteiger partial charge in [-0.05, 0) is 19.9 Å². The summed E-state index contributed by atoms with van der Waals surface area (Å²) in [6.45, 7) is 1.56. The summed E-state index contributed by atoms with van der Waals surface area (Å²) in [7, 11) is 1.98. The molecule has 2 saturated heterocycles. The van der Waals surface area contributed by atoms with E-state index < -0.39 is 5.79 Å². The maximum Gasteiger partial charge on any atom is 0.174 e. The van der Waals surface area contributed by atoms with Crippen LogP contribution in [0.4, 0.5) is 4.39 Å². The number of likely N-dealkylation sites (tertiary alicyclic amines) is 1. The number of hydrogen-bond donors (Lipinski definition) is 1. The number of likely N-dealkylation sites (N-methyl/N-ethyl adjacent to an activating group) is 1. The first kappa shape index (κ1) is 6.55. The Morgan fingerprint density at radius 1 is 1.70 bits per heavy atom. The van der Waals surface area contributed by atoms with Crippen LogP contribution < -0.4 is 5.32 Å². The number of nitrogens with zero attached hydrogens (tertiary/aromatic N) is 1. The first-order valence-corrected chi connectivity index (χ1v) is 3.83. The van der Waals surface area contributed by atoms with Crippen LogP contribution in [0.15, 0.2) is 0 Å². The molecule has 58 valence electrons. The van der Waals surface area contributed by atoms with Gasteiger partial charge in [-0.25, -0.2) is 4.39 Å². The van der Waals surface area contributed by atoms with Crippen LogP contribution in [0.3, 0.4) is 0 Å². The summed E-state index contributed by atoms with van der Waals surface area (Å²) >= 11 is 0. The Labute approximate surface area is 60.4 Å². The van der Waals surface area contributed by atoms with Gasteiger partial charge in [-0.2, -0.15) is 0 Å². The van der Waals surface area contributed by atoms with Crippen LogP contribution in [-0.4, -0.2) is 36.9 Å². The minimum absolute atomic E-state index is 0.406. The Morgan fingerprint density at radius 3 is 3.20 bits per heavy atom. The van der Waals surface area contributed by atoms with E-state index in [1.54, 1.807) is 0 Å². The molecular formula is C7H13FN2. The molecule has 2 atom stereocenters. The van der Waals surface area contributed by atoms with Gasteiger partial charge in [0.15, 0.2) is 5.79 Å². The van der Waals surface area contributed by atoms with E-state index in [1.807, 2.05) is 7.05 Å². The van der Waals surface area contributed by atoms with Crippen LogP contribution in [0, 0.1) is 0 Å². The van der Waals surface area contributed by atoms with Crippen molar-refractivity contribution in [1.29, 1.82) is 0 Å². The standard InChI is InChI=1S/C7H13FN2/c1-10-4-6-2-3-7(8,5-10)9-6/h6,9H,2-5H2,1H3/t6?,7-/m1/s1. The monoisotopic (exact) mass is 144 g/mol. The average Bonchev–Trinajstić information content (AvgIpc) is 2.06. The van der Waals surface area contributed by atoms with Gasteiger partial charge in [0.1, 0.15) is 0 Å². The molecule has 1 unspecified atom stereocenters. The van der Waals surface area contributed by atoms with E-state index in [-0.39, 0.29) is 0 Å². The SMILES string of the molecule is CN1CC2CC[C@](F)(C1)N2. The lowest BCUT2D eigenvalue weighted by atomic mass is 10.2. The van der Waals surface area contributed by atoms with Gasteiger partial charge in [0.2, 0.25) is 0 Å². The summed E-state index contributed by atoms with van der Waals surface area (Å²) in [6.07, 6.45) is 1.70. The number of hydrogen-bond acceptors (Lipinski definition) is 2. The van der Waals surface area contributed by atoms with E-state index in [4.69, 9.17) is 0 Å². The molecule has 2 nitrogen and oxygen atoms in total. The molecule has 2 heterocycles. The third kappa shape index (κ3) is 0.935. The molecule has 2 rings (SSSR count). The van der Waals surface area contributed by atoms with E-state index in [2.05, 4.69) is 10.2 Å². The maximum absolute atomic E-state index is 13.4. The number of alkyl halides is 1. The predicted octanol–water partition coefficient (Wildman–Crippen LogP) is 0.350. The van der Waals surface area contributed by atoms with E-state index in [0.29, 0.717) is 19.0 Å². The van der Waals surface area contributed by atoms with E-state index in [0.717, 1.165) is 13.0 Å². The Morgan fingerprint density at radius 2 is 2.50 bits per heavy atom. The van der Waals surface area contributed by atoms with Crippen molar-refractivity contribution in [3.05, 3.63) is 0 Å². The lowest BCUT2D eigenvalue weighted by molar-refractivity contribution is 0.0539. The molecule has 0 spiro atoms. The largest absolute Gasteiger partial charge is 0.300 e. The fraction of sp³-hybridized carbons (Fsp3) is 1.00. The zero-order chi connectivity index (χ0) is 7.19. The lowest BCUT2D eigenvalue weighted by Crippen LogP contribution is -2.55. The second kappa shape index (κ2) is 1.92. The Hall–Kier alpha value is -0.150. The summed E-state index contributed by atoms with van der Waals surface area (Å²) in [4.78, 5) is 2.06. The second-order valence-corrected chi connectivity index (χ2v) is 3.54. The van der Waals surface area contributed by atoms with E-state index >= 15 is 0 Å². The summed E-state index contributed by atoms with van der Waals surface area (Å²) < 4.78 is 13.4. The fourth-order valence-corrected chi connectivity index (χ4v) is 2.04. The van der Waals surface area contributed by atoms with Gasteiger partial charge >= 0.3 is 0 Å². The quantitative estimate of drug-likeness (QED) is 0.493. The van der Waals surface area contributed by atoms with Gasteiger partial charge in [0, 0.05) is 19.1 Å². The summed E-state index contributed by atoms with van der Waals surface area (Å²) in [5, 5.41) is 2.99. The molecule has 2 fully saturated rings. The molecule has 0 radical (unpaired) electrons. The Balaban J connectivity index is 2.13.